The Kier molecular flexibility index (Phi) is 9.13. The summed E-state index contributed by atoms with van der Waals surface area (Å²) in [6.45, 7) is 1.95. The number of fused-ring (bicyclic) bond motifs is 1. The highest BCUT2D eigenvalue weighted by Crippen LogP contribution is 2.28. The first-order chi connectivity index (χ1) is 19.9. The molecule has 1 unspecified atom stereocenters. The Morgan fingerprint density at radius 2 is 1.73 bits per heavy atom. The van der Waals surface area contributed by atoms with Gasteiger partial charge in [0.25, 0.3) is 10.0 Å². The number of hydrogen-bond donors (Lipinski definition) is 3. The number of benzene rings is 3. The van der Waals surface area contributed by atoms with Crippen LogP contribution in [0.25, 0.3) is 21.5 Å². The number of anilines is 1. The van der Waals surface area contributed by atoms with Crippen molar-refractivity contribution in [2.24, 2.45) is 0 Å². The number of rotatable bonds is 13. The summed E-state index contributed by atoms with van der Waals surface area (Å²) in [4.78, 5) is 16.9. The quantitative estimate of drug-likeness (QED) is 0.102. The van der Waals surface area contributed by atoms with Gasteiger partial charge in [-0.1, -0.05) is 72.4 Å². The number of thiazole rings is 1. The molecule has 10 heteroatoms. The Hall–Kier alpha value is -3.99. The second kappa shape index (κ2) is 13.1. The predicted octanol–water partition coefficient (Wildman–Crippen LogP) is 6.84. The highest BCUT2D eigenvalue weighted by Gasteiger charge is 2.19. The molecule has 2 heterocycles. The minimum absolute atomic E-state index is 0.00838. The highest BCUT2D eigenvalue weighted by atomic mass is 32.2. The fourth-order valence-electron chi connectivity index (χ4n) is 4.42. The van der Waals surface area contributed by atoms with Crippen molar-refractivity contribution in [3.63, 3.8) is 0 Å². The molecule has 0 saturated heterocycles. The van der Waals surface area contributed by atoms with E-state index in [9.17, 15) is 13.2 Å². The fraction of sp³-hybridized carbons (Fsp3) is 0.226. The maximum atomic E-state index is 12.9. The molecule has 1 atom stereocenters. The third kappa shape index (κ3) is 7.60. The second-order valence-corrected chi connectivity index (χ2v) is 12.5. The molecule has 0 spiro atoms. The zero-order valence-electron chi connectivity index (χ0n) is 22.7. The number of amides is 1. The van der Waals surface area contributed by atoms with Crippen LogP contribution in [-0.4, -0.2) is 19.3 Å². The van der Waals surface area contributed by atoms with E-state index in [1.165, 1.54) is 17.7 Å². The fourth-order valence-corrected chi connectivity index (χ4v) is 6.31. The smallest absolute Gasteiger partial charge is 0.264 e. The lowest BCUT2D eigenvalue weighted by Crippen LogP contribution is -2.30. The average Bonchev–Trinajstić information content (AvgIpc) is 3.64. The van der Waals surface area contributed by atoms with Crippen LogP contribution in [-0.2, 0) is 21.2 Å². The predicted molar refractivity (Wildman–Crippen MR) is 163 cm³/mol. The van der Waals surface area contributed by atoms with Gasteiger partial charge in [0.2, 0.25) is 5.91 Å². The molecule has 1 amide bonds. The maximum absolute atomic E-state index is 12.9. The number of nitrogens with zero attached hydrogens (tertiary/aromatic N) is 1. The summed E-state index contributed by atoms with van der Waals surface area (Å²) >= 11 is 1.55. The third-order valence-electron chi connectivity index (χ3n) is 6.63. The van der Waals surface area contributed by atoms with Gasteiger partial charge in [-0.2, -0.15) is 0 Å². The lowest BCUT2D eigenvalue weighted by atomic mass is 10.1. The highest BCUT2D eigenvalue weighted by molar-refractivity contribution is 7.90. The Labute approximate surface area is 243 Å². The molecule has 0 bridgehead atoms. The van der Waals surface area contributed by atoms with Crippen molar-refractivity contribution in [3.8, 4) is 11.3 Å². The number of para-hydroxylation sites is 1. The van der Waals surface area contributed by atoms with Crippen LogP contribution in [0.1, 0.15) is 50.0 Å². The van der Waals surface area contributed by atoms with Crippen molar-refractivity contribution in [2.75, 3.05) is 5.43 Å². The van der Waals surface area contributed by atoms with Crippen LogP contribution in [0.15, 0.2) is 100 Å². The van der Waals surface area contributed by atoms with Crippen molar-refractivity contribution in [1.82, 2.24) is 15.1 Å². The van der Waals surface area contributed by atoms with Crippen LogP contribution in [0.3, 0.4) is 0 Å². The molecule has 0 aliphatic rings. The molecule has 3 N–H and O–H groups in total. The average molecular weight is 589 g/mol. The maximum Gasteiger partial charge on any atom is 0.264 e. The van der Waals surface area contributed by atoms with Crippen LogP contribution in [0, 0.1) is 0 Å². The van der Waals surface area contributed by atoms with Crippen molar-refractivity contribution in [2.45, 2.75) is 50.0 Å². The van der Waals surface area contributed by atoms with Gasteiger partial charge in [-0.05, 0) is 68.1 Å². The van der Waals surface area contributed by atoms with Crippen LogP contribution in [0.5, 0.6) is 0 Å². The molecule has 5 aromatic rings. The van der Waals surface area contributed by atoms with Crippen LogP contribution in [0.4, 0.5) is 5.13 Å². The van der Waals surface area contributed by atoms with Gasteiger partial charge in [0.05, 0.1) is 21.2 Å². The number of hydrogen-bond acceptors (Lipinski definition) is 8. The lowest BCUT2D eigenvalue weighted by Gasteiger charge is -2.11. The standard InChI is InChI=1S/C31H32N4O4S2/c1-22(33-34-31-32-26-16-8-9-17-29(26)40-31)27-19-20-28(39-27)24-14-10-15-25(21-24)41(37,38)35-30(36)18-7-3-6-13-23-11-4-2-5-12-23/h2,4-5,8-12,14-17,19-22,33H,3,6-7,13,18H2,1H3,(H,32,34)(H,35,36). The first kappa shape index (κ1) is 28.5. The number of aryl methyl sites for hydroxylation is 1. The van der Waals surface area contributed by atoms with E-state index >= 15 is 0 Å². The van der Waals surface area contributed by atoms with Gasteiger partial charge in [-0.15, -0.1) is 0 Å². The van der Waals surface area contributed by atoms with Gasteiger partial charge in [0.15, 0.2) is 5.13 Å². The van der Waals surface area contributed by atoms with E-state index < -0.39 is 15.9 Å². The van der Waals surface area contributed by atoms with E-state index in [-0.39, 0.29) is 17.4 Å². The first-order valence-electron chi connectivity index (χ1n) is 13.5. The van der Waals surface area contributed by atoms with Gasteiger partial charge < -0.3 is 4.42 Å². The van der Waals surface area contributed by atoms with E-state index in [2.05, 4.69) is 32.7 Å². The van der Waals surface area contributed by atoms with Gasteiger partial charge >= 0.3 is 0 Å². The van der Waals surface area contributed by atoms with E-state index in [1.807, 2.05) is 55.5 Å². The normalized spacial score (nSPS) is 12.3. The van der Waals surface area contributed by atoms with Crippen LogP contribution < -0.4 is 15.6 Å². The Morgan fingerprint density at radius 1 is 0.927 bits per heavy atom. The van der Waals surface area contributed by atoms with Gasteiger partial charge in [-0.3, -0.25) is 10.2 Å². The minimum atomic E-state index is -4.01. The van der Waals surface area contributed by atoms with E-state index in [4.69, 9.17) is 4.42 Å². The molecule has 0 fully saturated rings. The molecule has 2 aromatic heterocycles. The van der Waals surface area contributed by atoms with Gasteiger partial charge in [-0.25, -0.2) is 23.5 Å². The van der Waals surface area contributed by atoms with Crippen molar-refractivity contribution in [3.05, 3.63) is 102 Å². The van der Waals surface area contributed by atoms with E-state index in [0.717, 1.165) is 34.6 Å². The zero-order chi connectivity index (χ0) is 28.7. The molecule has 5 rings (SSSR count). The number of carbonyl (C=O) groups excluding carboxylic acids is 1. The summed E-state index contributed by atoms with van der Waals surface area (Å²) in [5, 5.41) is 0.747. The van der Waals surface area contributed by atoms with Crippen molar-refractivity contribution in [1.29, 1.82) is 0 Å². The first-order valence-corrected chi connectivity index (χ1v) is 15.8. The summed E-state index contributed by atoms with van der Waals surface area (Å²) in [5.74, 6) is 0.689. The Balaban J connectivity index is 1.13. The summed E-state index contributed by atoms with van der Waals surface area (Å²) in [6.07, 6.45) is 3.52. The molecule has 0 saturated carbocycles. The van der Waals surface area contributed by atoms with Crippen LogP contribution >= 0.6 is 11.3 Å². The summed E-state index contributed by atoms with van der Waals surface area (Å²) < 4.78 is 35.2. The van der Waals surface area contributed by atoms with E-state index in [0.29, 0.717) is 23.5 Å². The summed E-state index contributed by atoms with van der Waals surface area (Å²) in [6, 6.07) is 27.9. The van der Waals surface area contributed by atoms with Crippen molar-refractivity contribution >= 4 is 42.6 Å². The third-order valence-corrected chi connectivity index (χ3v) is 8.95. The molecule has 0 aliphatic heterocycles. The molecule has 0 aliphatic carbocycles. The summed E-state index contributed by atoms with van der Waals surface area (Å²) in [7, 11) is -4.01. The molecule has 212 valence electrons. The molecular formula is C31H32N4O4S2. The van der Waals surface area contributed by atoms with Gasteiger partial charge in [0, 0.05) is 12.0 Å². The topological polar surface area (TPSA) is 113 Å². The molecular weight excluding hydrogens is 556 g/mol. The molecule has 0 radical (unpaired) electrons. The Morgan fingerprint density at radius 3 is 2.56 bits per heavy atom. The number of nitrogens with one attached hydrogen (secondary N) is 3. The number of aromatic nitrogens is 1. The van der Waals surface area contributed by atoms with Gasteiger partial charge in [0.1, 0.15) is 11.5 Å². The molecule has 41 heavy (non-hydrogen) atoms. The zero-order valence-corrected chi connectivity index (χ0v) is 24.3. The number of furan rings is 1. The summed E-state index contributed by atoms with van der Waals surface area (Å²) in [5.41, 5.74) is 9.11. The van der Waals surface area contributed by atoms with Crippen LogP contribution in [0.2, 0.25) is 0 Å². The molecule has 3 aromatic carbocycles. The second-order valence-electron chi connectivity index (χ2n) is 9.78. The minimum Gasteiger partial charge on any atom is -0.459 e. The number of sulfonamides is 1. The Bertz CT molecular complexity index is 1680. The van der Waals surface area contributed by atoms with E-state index in [1.54, 1.807) is 29.5 Å². The largest absolute Gasteiger partial charge is 0.459 e. The number of hydrazine groups is 1. The lowest BCUT2D eigenvalue weighted by molar-refractivity contribution is -0.119. The monoisotopic (exact) mass is 588 g/mol. The van der Waals surface area contributed by atoms with Crippen molar-refractivity contribution < 1.29 is 17.6 Å². The SMILES string of the molecule is CC(NNc1nc2ccccc2s1)c1ccc(-c2cccc(S(=O)(=O)NC(=O)CCCCCc3ccccc3)c2)o1. The number of unbranched alkanes of at least 4 members (excludes halogenated alkanes) is 2. The number of carbonyl (C=O) groups is 1. The molecule has 8 nitrogen and oxygen atoms in total.